The molecule has 0 bridgehead atoms. The van der Waals surface area contributed by atoms with Crippen molar-refractivity contribution >= 4 is 22.9 Å². The third-order valence-corrected chi connectivity index (χ3v) is 3.17. The van der Waals surface area contributed by atoms with Crippen LogP contribution in [0, 0.1) is 0 Å². The van der Waals surface area contributed by atoms with Gasteiger partial charge in [0.25, 0.3) is 0 Å². The maximum atomic E-state index is 5.98. The Balaban J connectivity index is 2.47. The predicted molar refractivity (Wildman–Crippen MR) is 65.9 cm³/mol. The molecule has 2 aromatic rings. The Kier molecular flexibility index (Phi) is 3.29. The number of benzene rings is 1. The van der Waals surface area contributed by atoms with Crippen LogP contribution in [0.1, 0.15) is 6.92 Å². The molecule has 0 N–H and O–H groups in total. The van der Waals surface area contributed by atoms with Crippen LogP contribution in [0.3, 0.4) is 0 Å². The Morgan fingerprint density at radius 1 is 1.33 bits per heavy atom. The minimum absolute atomic E-state index is 0.667. The van der Waals surface area contributed by atoms with E-state index < -0.39 is 0 Å². The molecule has 3 heteroatoms. The molecule has 78 valence electrons. The van der Waals surface area contributed by atoms with Gasteiger partial charge in [0.15, 0.2) is 0 Å². The van der Waals surface area contributed by atoms with E-state index in [4.69, 9.17) is 16.3 Å². The van der Waals surface area contributed by atoms with Gasteiger partial charge in [-0.05, 0) is 36.6 Å². The van der Waals surface area contributed by atoms with Crippen LogP contribution >= 0.6 is 22.9 Å². The van der Waals surface area contributed by atoms with Crippen LogP contribution in [0.25, 0.3) is 10.4 Å². The van der Waals surface area contributed by atoms with Crippen LogP contribution in [0.2, 0.25) is 5.02 Å². The molecule has 1 nitrogen and oxygen atoms in total. The van der Waals surface area contributed by atoms with E-state index in [2.05, 4.69) is 6.07 Å². The van der Waals surface area contributed by atoms with Gasteiger partial charge in [-0.1, -0.05) is 17.7 Å². The lowest BCUT2D eigenvalue weighted by atomic mass is 10.1. The quantitative estimate of drug-likeness (QED) is 0.767. The molecular formula is C12H11ClOS. The average molecular weight is 239 g/mol. The van der Waals surface area contributed by atoms with Crippen LogP contribution in [0.4, 0.5) is 0 Å². The van der Waals surface area contributed by atoms with E-state index in [1.165, 1.54) is 4.88 Å². The molecule has 1 heterocycles. The predicted octanol–water partition coefficient (Wildman–Crippen LogP) is 4.47. The van der Waals surface area contributed by atoms with Crippen molar-refractivity contribution in [2.24, 2.45) is 0 Å². The number of rotatable bonds is 3. The number of hydrogen-bond acceptors (Lipinski definition) is 2. The van der Waals surface area contributed by atoms with Gasteiger partial charge in [-0.3, -0.25) is 0 Å². The second-order valence-corrected chi connectivity index (χ2v) is 4.43. The van der Waals surface area contributed by atoms with Gasteiger partial charge in [0, 0.05) is 15.5 Å². The lowest BCUT2D eigenvalue weighted by Crippen LogP contribution is -1.93. The first-order valence-corrected chi connectivity index (χ1v) is 6.03. The summed E-state index contributed by atoms with van der Waals surface area (Å²) in [7, 11) is 0. The van der Waals surface area contributed by atoms with Gasteiger partial charge >= 0.3 is 0 Å². The summed E-state index contributed by atoms with van der Waals surface area (Å²) in [6.45, 7) is 2.65. The van der Waals surface area contributed by atoms with Gasteiger partial charge in [0.2, 0.25) is 0 Å². The van der Waals surface area contributed by atoms with E-state index in [0.29, 0.717) is 6.61 Å². The zero-order valence-electron chi connectivity index (χ0n) is 8.37. The van der Waals surface area contributed by atoms with Crippen molar-refractivity contribution in [3.8, 4) is 16.2 Å². The van der Waals surface area contributed by atoms with Crippen LogP contribution in [0.15, 0.2) is 35.7 Å². The highest BCUT2D eigenvalue weighted by Gasteiger charge is 2.07. The van der Waals surface area contributed by atoms with Gasteiger partial charge in [-0.2, -0.15) is 0 Å². The molecule has 0 atom stereocenters. The van der Waals surface area contributed by atoms with Crippen molar-refractivity contribution in [2.75, 3.05) is 6.61 Å². The second-order valence-electron chi connectivity index (χ2n) is 3.05. The fourth-order valence-corrected chi connectivity index (χ4v) is 2.33. The molecule has 0 saturated heterocycles. The third kappa shape index (κ3) is 2.33. The SMILES string of the molecule is CCOc1ccc(Cl)cc1-c1cccs1. The van der Waals surface area contributed by atoms with Crippen molar-refractivity contribution < 1.29 is 4.74 Å². The summed E-state index contributed by atoms with van der Waals surface area (Å²) in [5.41, 5.74) is 1.07. The van der Waals surface area contributed by atoms with Gasteiger partial charge in [-0.15, -0.1) is 11.3 Å². The van der Waals surface area contributed by atoms with Crippen LogP contribution in [0.5, 0.6) is 5.75 Å². The lowest BCUT2D eigenvalue weighted by Gasteiger charge is -2.08. The van der Waals surface area contributed by atoms with Crippen molar-refractivity contribution in [3.63, 3.8) is 0 Å². The highest BCUT2D eigenvalue weighted by Crippen LogP contribution is 2.35. The largest absolute Gasteiger partial charge is 0.493 e. The Morgan fingerprint density at radius 3 is 2.87 bits per heavy atom. The number of ether oxygens (including phenoxy) is 1. The Labute approximate surface area is 98.3 Å². The van der Waals surface area contributed by atoms with E-state index in [1.807, 2.05) is 36.6 Å². The van der Waals surface area contributed by atoms with Crippen LogP contribution < -0.4 is 4.74 Å². The van der Waals surface area contributed by atoms with Crippen molar-refractivity contribution in [1.82, 2.24) is 0 Å². The monoisotopic (exact) mass is 238 g/mol. The van der Waals surface area contributed by atoms with Crippen molar-refractivity contribution in [2.45, 2.75) is 6.92 Å². The molecular weight excluding hydrogens is 228 g/mol. The first-order chi connectivity index (χ1) is 7.31. The molecule has 0 fully saturated rings. The maximum Gasteiger partial charge on any atom is 0.128 e. The van der Waals surface area contributed by atoms with E-state index in [9.17, 15) is 0 Å². The lowest BCUT2D eigenvalue weighted by molar-refractivity contribution is 0.341. The molecule has 0 saturated carbocycles. The number of thiophene rings is 1. The number of halogens is 1. The normalized spacial score (nSPS) is 10.3. The van der Waals surface area contributed by atoms with Crippen molar-refractivity contribution in [3.05, 3.63) is 40.7 Å². The summed E-state index contributed by atoms with van der Waals surface area (Å²) < 4.78 is 5.56. The molecule has 0 aliphatic heterocycles. The third-order valence-electron chi connectivity index (χ3n) is 2.03. The molecule has 0 aliphatic rings. The zero-order valence-corrected chi connectivity index (χ0v) is 9.94. The molecule has 0 aliphatic carbocycles. The molecule has 15 heavy (non-hydrogen) atoms. The molecule has 0 amide bonds. The molecule has 0 spiro atoms. The fraction of sp³-hybridized carbons (Fsp3) is 0.167. The summed E-state index contributed by atoms with van der Waals surface area (Å²) >= 11 is 7.67. The van der Waals surface area contributed by atoms with E-state index in [1.54, 1.807) is 11.3 Å². The molecule has 2 rings (SSSR count). The van der Waals surface area contributed by atoms with E-state index >= 15 is 0 Å². The minimum atomic E-state index is 0.667. The average Bonchev–Trinajstić information content (AvgIpc) is 2.74. The summed E-state index contributed by atoms with van der Waals surface area (Å²) in [4.78, 5) is 1.18. The molecule has 0 radical (unpaired) electrons. The highest BCUT2D eigenvalue weighted by molar-refractivity contribution is 7.13. The molecule has 0 unspecified atom stereocenters. The van der Waals surface area contributed by atoms with E-state index in [-0.39, 0.29) is 0 Å². The second kappa shape index (κ2) is 4.69. The summed E-state index contributed by atoms with van der Waals surface area (Å²) in [5, 5.41) is 2.79. The zero-order chi connectivity index (χ0) is 10.7. The van der Waals surface area contributed by atoms with Gasteiger partial charge in [0.1, 0.15) is 5.75 Å². The van der Waals surface area contributed by atoms with Gasteiger partial charge in [-0.25, -0.2) is 0 Å². The topological polar surface area (TPSA) is 9.23 Å². The first-order valence-electron chi connectivity index (χ1n) is 4.77. The summed E-state index contributed by atoms with van der Waals surface area (Å²) in [6, 6.07) is 9.80. The molecule has 1 aromatic carbocycles. The van der Waals surface area contributed by atoms with Gasteiger partial charge in [0.05, 0.1) is 6.61 Å². The number of hydrogen-bond donors (Lipinski definition) is 0. The summed E-state index contributed by atoms with van der Waals surface area (Å²) in [5.74, 6) is 0.893. The van der Waals surface area contributed by atoms with Crippen molar-refractivity contribution in [1.29, 1.82) is 0 Å². The Morgan fingerprint density at radius 2 is 2.20 bits per heavy atom. The fourth-order valence-electron chi connectivity index (χ4n) is 1.41. The first kappa shape index (κ1) is 10.5. The maximum absolute atomic E-state index is 5.98. The van der Waals surface area contributed by atoms with E-state index in [0.717, 1.165) is 16.3 Å². The minimum Gasteiger partial charge on any atom is -0.493 e. The highest BCUT2D eigenvalue weighted by atomic mass is 35.5. The van der Waals surface area contributed by atoms with Gasteiger partial charge < -0.3 is 4.74 Å². The smallest absolute Gasteiger partial charge is 0.128 e. The standard InChI is InChI=1S/C12H11ClOS/c1-2-14-11-6-5-9(13)8-10(11)12-4-3-7-15-12/h3-8H,2H2,1H3. The van der Waals surface area contributed by atoms with Crippen LogP contribution in [-0.2, 0) is 0 Å². The Bertz CT molecular complexity index is 437. The van der Waals surface area contributed by atoms with Crippen LogP contribution in [-0.4, -0.2) is 6.61 Å². The summed E-state index contributed by atoms with van der Waals surface area (Å²) in [6.07, 6.45) is 0. The molecule has 1 aromatic heterocycles. The Hall–Kier alpha value is -0.990.